The second kappa shape index (κ2) is 12.6. The number of aromatic amines is 1. The number of rotatable bonds is 3. The van der Waals surface area contributed by atoms with E-state index in [1.807, 2.05) is 34.0 Å². The molecule has 4 aromatic rings. The quantitative estimate of drug-likeness (QED) is 0.274. The monoisotopic (exact) mass is 558 g/mol. The average molecular weight is 559 g/mol. The van der Waals surface area contributed by atoms with E-state index in [1.165, 1.54) is 5.57 Å². The smallest absolute Gasteiger partial charge is 0.181 e. The molecule has 2 N–H and O–H groups in total. The van der Waals surface area contributed by atoms with Crippen LogP contribution in [0.5, 0.6) is 0 Å². The molecule has 0 spiro atoms. The predicted molar refractivity (Wildman–Crippen MR) is 164 cm³/mol. The first-order valence-corrected chi connectivity index (χ1v) is 14.8. The van der Waals surface area contributed by atoms with Crippen LogP contribution >= 0.6 is 0 Å². The molecule has 0 amide bonds. The van der Waals surface area contributed by atoms with Gasteiger partial charge in [-0.3, -0.25) is 0 Å². The normalized spacial score (nSPS) is 25.8. The molecule has 0 aromatic carbocycles. The third-order valence-electron chi connectivity index (χ3n) is 8.87. The van der Waals surface area contributed by atoms with Crippen LogP contribution < -0.4 is 0 Å². The van der Waals surface area contributed by atoms with E-state index in [4.69, 9.17) is 0 Å². The zero-order valence-corrected chi connectivity index (χ0v) is 25.9. The summed E-state index contributed by atoms with van der Waals surface area (Å²) >= 11 is 0. The molecule has 2 saturated carbocycles. The molecule has 4 aromatic heterocycles. The first-order valence-electron chi connectivity index (χ1n) is 14.8. The maximum absolute atomic E-state index is 9.37. The lowest BCUT2D eigenvalue weighted by atomic mass is 9.93. The number of aromatic nitrogens is 8. The van der Waals surface area contributed by atoms with Gasteiger partial charge in [0.2, 0.25) is 0 Å². The second-order valence-electron chi connectivity index (χ2n) is 11.8. The maximum atomic E-state index is 9.37. The fourth-order valence-electron chi connectivity index (χ4n) is 6.72. The van der Waals surface area contributed by atoms with Crippen molar-refractivity contribution in [2.24, 2.45) is 23.7 Å². The Morgan fingerprint density at radius 2 is 1.46 bits per heavy atom. The number of hydrogen-bond donors (Lipinski definition) is 2. The van der Waals surface area contributed by atoms with Crippen LogP contribution in [-0.2, 0) is 0 Å². The lowest BCUT2D eigenvalue weighted by Gasteiger charge is -2.16. The van der Waals surface area contributed by atoms with Crippen molar-refractivity contribution in [1.82, 2.24) is 39.5 Å². The van der Waals surface area contributed by atoms with Crippen molar-refractivity contribution in [1.29, 1.82) is 0 Å². The standard InChI is InChI=1S/C16H22N4.C9H16O.C7H8N4/c1-6-13-9(2)7-14(10(13)3)20-8-17-15-11(4)18-12(5)19-16(15)20;1-4-8-6(2)5-9(10)7(8)3;1-4-6-7(9-3-8-6)11-5(2)10-4/h8-9,13-14H,3,6-7H2,1-2,4-5H3;6,8-10H,3-5H2,1-2H3;3H,1-2H3,(H,8,9,10,11)/t9-,13+,14-;6-,8+,9+;/m00./s1. The Hall–Kier alpha value is -3.46. The summed E-state index contributed by atoms with van der Waals surface area (Å²) in [5.74, 6) is 4.06. The Morgan fingerprint density at radius 1 is 0.854 bits per heavy atom. The van der Waals surface area contributed by atoms with Gasteiger partial charge in [-0.1, -0.05) is 46.4 Å². The third-order valence-corrected chi connectivity index (χ3v) is 8.87. The van der Waals surface area contributed by atoms with Crippen LogP contribution in [0.1, 0.15) is 82.5 Å². The molecule has 0 bridgehead atoms. The Labute approximate surface area is 243 Å². The molecule has 0 unspecified atom stereocenters. The van der Waals surface area contributed by atoms with E-state index in [0.29, 0.717) is 29.7 Å². The first kappa shape index (κ1) is 30.5. The molecule has 0 radical (unpaired) electrons. The van der Waals surface area contributed by atoms with Crippen molar-refractivity contribution in [3.05, 3.63) is 60.0 Å². The molecule has 9 heteroatoms. The van der Waals surface area contributed by atoms with E-state index < -0.39 is 0 Å². The summed E-state index contributed by atoms with van der Waals surface area (Å²) in [6.45, 7) is 24.9. The fourth-order valence-corrected chi connectivity index (χ4v) is 6.72. The minimum Gasteiger partial charge on any atom is -0.389 e. The lowest BCUT2D eigenvalue weighted by Crippen LogP contribution is -2.08. The highest BCUT2D eigenvalue weighted by Crippen LogP contribution is 2.45. The summed E-state index contributed by atoms with van der Waals surface area (Å²) in [7, 11) is 0. The van der Waals surface area contributed by atoms with E-state index in [2.05, 4.69) is 80.3 Å². The predicted octanol–water partition coefficient (Wildman–Crippen LogP) is 6.55. The van der Waals surface area contributed by atoms with Crippen LogP contribution in [0.3, 0.4) is 0 Å². The molecular weight excluding hydrogens is 512 g/mol. The van der Waals surface area contributed by atoms with Gasteiger partial charge in [0.05, 0.1) is 36.2 Å². The minimum atomic E-state index is -0.222. The zero-order chi connectivity index (χ0) is 30.0. The summed E-state index contributed by atoms with van der Waals surface area (Å²) in [5.41, 5.74) is 7.81. The van der Waals surface area contributed by atoms with E-state index in [9.17, 15) is 5.11 Å². The Bertz CT molecular complexity index is 1540. The minimum absolute atomic E-state index is 0.222. The van der Waals surface area contributed by atoms with Crippen molar-refractivity contribution in [2.75, 3.05) is 0 Å². The van der Waals surface area contributed by atoms with Gasteiger partial charge in [-0.05, 0) is 82.6 Å². The molecule has 220 valence electrons. The summed E-state index contributed by atoms with van der Waals surface area (Å²) < 4.78 is 2.20. The number of aryl methyl sites for hydroxylation is 4. The van der Waals surface area contributed by atoms with Gasteiger partial charge in [0.1, 0.15) is 22.7 Å². The van der Waals surface area contributed by atoms with E-state index >= 15 is 0 Å². The number of allylic oxidation sites excluding steroid dienone is 1. The van der Waals surface area contributed by atoms with Crippen molar-refractivity contribution < 1.29 is 5.11 Å². The number of imidazole rings is 2. The van der Waals surface area contributed by atoms with Gasteiger partial charge in [-0.25, -0.2) is 29.9 Å². The maximum Gasteiger partial charge on any atom is 0.181 e. The molecule has 6 rings (SSSR count). The summed E-state index contributed by atoms with van der Waals surface area (Å²) in [6, 6.07) is 0.327. The molecule has 2 aliphatic rings. The van der Waals surface area contributed by atoms with Gasteiger partial charge in [0.15, 0.2) is 11.3 Å². The van der Waals surface area contributed by atoms with Gasteiger partial charge < -0.3 is 14.7 Å². The number of aliphatic hydroxyl groups excluding tert-OH is 1. The van der Waals surface area contributed by atoms with Crippen LogP contribution in [0.4, 0.5) is 0 Å². The zero-order valence-electron chi connectivity index (χ0n) is 25.9. The summed E-state index contributed by atoms with van der Waals surface area (Å²) in [5, 5.41) is 9.37. The Balaban J connectivity index is 0.000000156. The largest absolute Gasteiger partial charge is 0.389 e. The first-order chi connectivity index (χ1) is 19.5. The summed E-state index contributed by atoms with van der Waals surface area (Å²) in [4.78, 5) is 28.9. The number of fused-ring (bicyclic) bond motifs is 2. The van der Waals surface area contributed by atoms with E-state index in [0.717, 1.165) is 76.6 Å². The SMILES string of the molecule is C=C1[C@H](CC)[C@@H](C)C[C@@H]1n1cnc2c(C)nc(C)nc21.C=C1[C@H](O)C[C@H](C)[C@H]1CC.Cc1nc(C)c2[nH]cnc2n1. The lowest BCUT2D eigenvalue weighted by molar-refractivity contribution is 0.210. The van der Waals surface area contributed by atoms with Crippen LogP contribution in [0.2, 0.25) is 0 Å². The van der Waals surface area contributed by atoms with Gasteiger partial charge in [0, 0.05) is 0 Å². The third kappa shape index (κ3) is 6.25. The highest BCUT2D eigenvalue weighted by molar-refractivity contribution is 5.73. The molecule has 0 aliphatic heterocycles. The van der Waals surface area contributed by atoms with E-state index in [-0.39, 0.29) is 6.10 Å². The van der Waals surface area contributed by atoms with Gasteiger partial charge in [-0.15, -0.1) is 0 Å². The van der Waals surface area contributed by atoms with Crippen LogP contribution in [0.15, 0.2) is 37.0 Å². The van der Waals surface area contributed by atoms with Crippen molar-refractivity contribution in [3.63, 3.8) is 0 Å². The number of aliphatic hydroxyl groups is 1. The number of nitrogens with zero attached hydrogens (tertiary/aromatic N) is 7. The second-order valence-corrected chi connectivity index (χ2v) is 11.8. The number of nitrogens with one attached hydrogen (secondary N) is 1. The van der Waals surface area contributed by atoms with Gasteiger partial charge >= 0.3 is 0 Å². The van der Waals surface area contributed by atoms with Crippen molar-refractivity contribution >= 4 is 22.3 Å². The molecule has 6 atom stereocenters. The average Bonchev–Trinajstić information content (AvgIpc) is 3.66. The van der Waals surface area contributed by atoms with E-state index in [1.54, 1.807) is 6.33 Å². The molecule has 4 heterocycles. The summed E-state index contributed by atoms with van der Waals surface area (Å²) in [6.07, 6.45) is 7.65. The molecule has 2 fully saturated rings. The molecule has 2 aliphatic carbocycles. The Morgan fingerprint density at radius 3 is 2.05 bits per heavy atom. The van der Waals surface area contributed by atoms with Crippen LogP contribution in [-0.4, -0.2) is 50.7 Å². The topological polar surface area (TPSA) is 118 Å². The fraction of sp³-hybridized carbons (Fsp3) is 0.562. The molecule has 0 saturated heterocycles. The highest BCUT2D eigenvalue weighted by atomic mass is 16.3. The Kier molecular flexibility index (Phi) is 9.37. The molecule has 9 nitrogen and oxygen atoms in total. The number of hydrogen-bond acceptors (Lipinski definition) is 7. The highest BCUT2D eigenvalue weighted by Gasteiger charge is 2.35. The molecule has 41 heavy (non-hydrogen) atoms. The molecular formula is C32H46N8O. The van der Waals surface area contributed by atoms with Crippen LogP contribution in [0, 0.1) is 51.4 Å². The van der Waals surface area contributed by atoms with Crippen LogP contribution in [0.25, 0.3) is 22.3 Å². The van der Waals surface area contributed by atoms with Gasteiger partial charge in [-0.2, -0.15) is 0 Å². The van der Waals surface area contributed by atoms with Crippen molar-refractivity contribution in [3.8, 4) is 0 Å². The van der Waals surface area contributed by atoms with Gasteiger partial charge in [0.25, 0.3) is 0 Å². The number of H-pyrrole nitrogens is 1. The van der Waals surface area contributed by atoms with Crippen molar-refractivity contribution in [2.45, 2.75) is 93.2 Å².